The quantitative estimate of drug-likeness (QED) is 0.464. The normalized spacial score (nSPS) is 10.9. The number of aromatic nitrogens is 1. The van der Waals surface area contributed by atoms with E-state index >= 15 is 0 Å². The van der Waals surface area contributed by atoms with Crippen molar-refractivity contribution in [3.05, 3.63) is 59.9 Å². The first-order chi connectivity index (χ1) is 14.0. The Balaban J connectivity index is 1.87. The lowest BCUT2D eigenvalue weighted by atomic mass is 10.1. The monoisotopic (exact) mass is 396 g/mol. The van der Waals surface area contributed by atoms with E-state index in [2.05, 4.69) is 25.9 Å². The van der Waals surface area contributed by atoms with Crippen LogP contribution in [0, 0.1) is 0 Å². The number of anilines is 1. The zero-order valence-corrected chi connectivity index (χ0v) is 17.1. The van der Waals surface area contributed by atoms with Gasteiger partial charge in [0, 0.05) is 38.9 Å². The molecule has 0 aliphatic carbocycles. The second-order valence-corrected chi connectivity index (χ2v) is 6.56. The molecule has 2 rings (SSSR count). The number of guanidine groups is 1. The zero-order valence-electron chi connectivity index (χ0n) is 17.1. The molecule has 8 heteroatoms. The standard InChI is InChI=1S/C21H28N6O2/c1-4-23-21(25-15-19(28)26-18-9-6-11-22-14-18)24-12-10-16-7-5-8-17(13-16)20(29)27(2)3/h5-9,11,13-14H,4,10,12,15H2,1-3H3,(H,26,28)(H2,23,24,25). The maximum atomic E-state index is 12.1. The Hall–Kier alpha value is -3.42. The predicted molar refractivity (Wildman–Crippen MR) is 115 cm³/mol. The fourth-order valence-corrected chi connectivity index (χ4v) is 2.57. The fourth-order valence-electron chi connectivity index (χ4n) is 2.57. The molecule has 8 nitrogen and oxygen atoms in total. The predicted octanol–water partition coefficient (Wildman–Crippen LogP) is 1.52. The molecule has 0 radical (unpaired) electrons. The number of carbonyl (C=O) groups excluding carboxylic acids is 2. The van der Waals surface area contributed by atoms with Crippen molar-refractivity contribution >= 4 is 23.5 Å². The van der Waals surface area contributed by atoms with E-state index in [1.807, 2.05) is 31.2 Å². The first kappa shape index (κ1) is 21.9. The molecule has 0 atom stereocenters. The van der Waals surface area contributed by atoms with Gasteiger partial charge in [0.2, 0.25) is 5.91 Å². The summed E-state index contributed by atoms with van der Waals surface area (Å²) in [4.78, 5) is 33.9. The molecular formula is C21H28N6O2. The number of benzene rings is 1. The van der Waals surface area contributed by atoms with Crippen LogP contribution in [0.1, 0.15) is 22.8 Å². The lowest BCUT2D eigenvalue weighted by molar-refractivity contribution is -0.114. The smallest absolute Gasteiger partial charge is 0.253 e. The summed E-state index contributed by atoms with van der Waals surface area (Å²) in [6, 6.07) is 11.1. The van der Waals surface area contributed by atoms with Crippen molar-refractivity contribution in [3.63, 3.8) is 0 Å². The van der Waals surface area contributed by atoms with Crippen molar-refractivity contribution in [2.75, 3.05) is 39.0 Å². The van der Waals surface area contributed by atoms with Crippen LogP contribution in [0.25, 0.3) is 0 Å². The molecule has 2 aromatic rings. The van der Waals surface area contributed by atoms with Crippen LogP contribution in [0.5, 0.6) is 0 Å². The van der Waals surface area contributed by atoms with E-state index in [4.69, 9.17) is 0 Å². The van der Waals surface area contributed by atoms with Crippen LogP contribution in [0.15, 0.2) is 53.8 Å². The highest BCUT2D eigenvalue weighted by Crippen LogP contribution is 2.07. The SMILES string of the molecule is CCNC(=NCC(=O)Nc1cccnc1)NCCc1cccc(C(=O)N(C)C)c1. The van der Waals surface area contributed by atoms with Gasteiger partial charge in [-0.15, -0.1) is 0 Å². The molecule has 0 saturated heterocycles. The summed E-state index contributed by atoms with van der Waals surface area (Å²) in [5.41, 5.74) is 2.35. The molecule has 0 saturated carbocycles. The van der Waals surface area contributed by atoms with Crippen LogP contribution in [-0.2, 0) is 11.2 Å². The third-order valence-corrected chi connectivity index (χ3v) is 3.96. The highest BCUT2D eigenvalue weighted by molar-refractivity contribution is 5.94. The van der Waals surface area contributed by atoms with Crippen molar-refractivity contribution in [1.82, 2.24) is 20.5 Å². The Labute approximate surface area is 171 Å². The van der Waals surface area contributed by atoms with Gasteiger partial charge in [-0.3, -0.25) is 14.6 Å². The Morgan fingerprint density at radius 2 is 1.97 bits per heavy atom. The number of nitrogens with zero attached hydrogens (tertiary/aromatic N) is 3. The first-order valence-electron chi connectivity index (χ1n) is 9.52. The van der Waals surface area contributed by atoms with Gasteiger partial charge in [-0.25, -0.2) is 4.99 Å². The first-order valence-corrected chi connectivity index (χ1v) is 9.52. The van der Waals surface area contributed by atoms with Gasteiger partial charge >= 0.3 is 0 Å². The average Bonchev–Trinajstić information content (AvgIpc) is 2.72. The molecule has 1 aromatic heterocycles. The Morgan fingerprint density at radius 3 is 2.66 bits per heavy atom. The second-order valence-electron chi connectivity index (χ2n) is 6.56. The van der Waals surface area contributed by atoms with E-state index in [1.54, 1.807) is 43.5 Å². The number of pyridine rings is 1. The lowest BCUT2D eigenvalue weighted by Gasteiger charge is -2.13. The molecule has 0 spiro atoms. The number of nitrogens with one attached hydrogen (secondary N) is 3. The average molecular weight is 396 g/mol. The number of hydrogen-bond acceptors (Lipinski definition) is 4. The summed E-state index contributed by atoms with van der Waals surface area (Å²) in [7, 11) is 3.47. The minimum atomic E-state index is -0.217. The lowest BCUT2D eigenvalue weighted by Crippen LogP contribution is -2.39. The molecule has 0 unspecified atom stereocenters. The highest BCUT2D eigenvalue weighted by Gasteiger charge is 2.08. The van der Waals surface area contributed by atoms with Crippen LogP contribution < -0.4 is 16.0 Å². The van der Waals surface area contributed by atoms with Gasteiger partial charge in [-0.05, 0) is 43.2 Å². The van der Waals surface area contributed by atoms with E-state index in [9.17, 15) is 9.59 Å². The molecule has 0 aliphatic rings. The topological polar surface area (TPSA) is 98.7 Å². The van der Waals surface area contributed by atoms with E-state index in [0.717, 1.165) is 12.0 Å². The molecule has 0 aliphatic heterocycles. The van der Waals surface area contributed by atoms with Crippen molar-refractivity contribution in [1.29, 1.82) is 0 Å². The molecule has 2 amide bonds. The van der Waals surface area contributed by atoms with Crippen LogP contribution >= 0.6 is 0 Å². The van der Waals surface area contributed by atoms with Crippen molar-refractivity contribution in [2.45, 2.75) is 13.3 Å². The molecule has 0 bridgehead atoms. The van der Waals surface area contributed by atoms with Gasteiger partial charge in [0.15, 0.2) is 5.96 Å². The third-order valence-electron chi connectivity index (χ3n) is 3.96. The van der Waals surface area contributed by atoms with Crippen molar-refractivity contribution in [2.24, 2.45) is 4.99 Å². The Bertz CT molecular complexity index is 836. The number of aliphatic imine (C=N–C) groups is 1. The van der Waals surface area contributed by atoms with Gasteiger partial charge < -0.3 is 20.9 Å². The minimum absolute atomic E-state index is 0.00293. The number of rotatable bonds is 8. The summed E-state index contributed by atoms with van der Waals surface area (Å²) in [5.74, 6) is 0.328. The largest absolute Gasteiger partial charge is 0.357 e. The number of hydrogen-bond donors (Lipinski definition) is 3. The van der Waals surface area contributed by atoms with Gasteiger partial charge in [0.25, 0.3) is 5.91 Å². The summed E-state index contributed by atoms with van der Waals surface area (Å²) in [6.45, 7) is 3.26. The fraction of sp³-hybridized carbons (Fsp3) is 0.333. The summed E-state index contributed by atoms with van der Waals surface area (Å²) < 4.78 is 0. The maximum absolute atomic E-state index is 12.1. The molecule has 1 aromatic carbocycles. The van der Waals surface area contributed by atoms with Gasteiger partial charge in [-0.1, -0.05) is 12.1 Å². The molecular weight excluding hydrogens is 368 g/mol. The van der Waals surface area contributed by atoms with Crippen LogP contribution in [0.2, 0.25) is 0 Å². The summed E-state index contributed by atoms with van der Waals surface area (Å²) in [6.07, 6.45) is 3.95. The highest BCUT2D eigenvalue weighted by atomic mass is 16.2. The van der Waals surface area contributed by atoms with Crippen LogP contribution in [0.4, 0.5) is 5.69 Å². The maximum Gasteiger partial charge on any atom is 0.253 e. The second kappa shape index (κ2) is 11.4. The minimum Gasteiger partial charge on any atom is -0.357 e. The van der Waals surface area contributed by atoms with Crippen LogP contribution in [-0.4, -0.2) is 61.4 Å². The number of carbonyl (C=O) groups is 2. The van der Waals surface area contributed by atoms with E-state index < -0.39 is 0 Å². The number of amides is 2. The Kier molecular flexibility index (Phi) is 8.62. The van der Waals surface area contributed by atoms with Gasteiger partial charge in [-0.2, -0.15) is 0 Å². The molecule has 3 N–H and O–H groups in total. The van der Waals surface area contributed by atoms with E-state index in [0.29, 0.717) is 30.3 Å². The molecule has 154 valence electrons. The summed E-state index contributed by atoms with van der Waals surface area (Å²) >= 11 is 0. The van der Waals surface area contributed by atoms with Crippen molar-refractivity contribution in [3.8, 4) is 0 Å². The molecule has 0 fully saturated rings. The third kappa shape index (κ3) is 7.61. The van der Waals surface area contributed by atoms with Crippen molar-refractivity contribution < 1.29 is 9.59 Å². The van der Waals surface area contributed by atoms with Crippen LogP contribution in [0.3, 0.4) is 0 Å². The van der Waals surface area contributed by atoms with Gasteiger partial charge in [0.1, 0.15) is 6.54 Å². The summed E-state index contributed by atoms with van der Waals surface area (Å²) in [5, 5.41) is 9.08. The van der Waals surface area contributed by atoms with E-state index in [1.165, 1.54) is 0 Å². The molecule has 1 heterocycles. The van der Waals surface area contributed by atoms with Gasteiger partial charge in [0.05, 0.1) is 11.9 Å². The Morgan fingerprint density at radius 1 is 1.14 bits per heavy atom. The molecule has 29 heavy (non-hydrogen) atoms. The zero-order chi connectivity index (χ0) is 21.1. The van der Waals surface area contributed by atoms with E-state index in [-0.39, 0.29) is 18.4 Å².